The first kappa shape index (κ1) is 18.9. The predicted octanol–water partition coefficient (Wildman–Crippen LogP) is 4.74. The molecule has 0 saturated heterocycles. The number of rotatable bonds is 6. The van der Waals surface area contributed by atoms with Crippen molar-refractivity contribution >= 4 is 17.1 Å². The molecular weight excluding hydrogens is 350 g/mol. The Morgan fingerprint density at radius 2 is 1.75 bits per heavy atom. The molecule has 0 unspecified atom stereocenters. The Balaban J connectivity index is 1.85. The maximum Gasteiger partial charge on any atom is 0.139 e. The van der Waals surface area contributed by atoms with Crippen LogP contribution in [-0.4, -0.2) is 0 Å². The van der Waals surface area contributed by atoms with E-state index in [0.717, 1.165) is 5.56 Å². The molecule has 0 aliphatic rings. The number of allylic oxidation sites excluding steroid dienone is 1. The summed E-state index contributed by atoms with van der Waals surface area (Å²) < 4.78 is 11.7. The van der Waals surface area contributed by atoms with Crippen molar-refractivity contribution < 1.29 is 9.47 Å². The number of nitrogens with zero attached hydrogens (tertiary/aromatic N) is 1. The molecule has 0 fully saturated rings. The van der Waals surface area contributed by atoms with Crippen molar-refractivity contribution in [1.29, 1.82) is 5.26 Å². The van der Waals surface area contributed by atoms with Crippen molar-refractivity contribution in [2.45, 2.75) is 13.5 Å². The molecule has 0 aromatic heterocycles. The highest BCUT2D eigenvalue weighted by molar-refractivity contribution is 5.75. The van der Waals surface area contributed by atoms with Crippen LogP contribution in [0.3, 0.4) is 0 Å². The van der Waals surface area contributed by atoms with Crippen molar-refractivity contribution in [3.63, 3.8) is 0 Å². The molecule has 5 nitrogen and oxygen atoms in total. The average Bonchev–Trinajstić information content (AvgIpc) is 2.73. The molecule has 0 atom stereocenters. The summed E-state index contributed by atoms with van der Waals surface area (Å²) in [4.78, 5) is 0. The Labute approximate surface area is 164 Å². The summed E-state index contributed by atoms with van der Waals surface area (Å²) in [6.07, 6.45) is 1.80. The normalized spacial score (nSPS) is 10.9. The number of nitriles is 1. The van der Waals surface area contributed by atoms with Crippen molar-refractivity contribution in [2.24, 2.45) is 0 Å². The number of nitrogens with two attached hydrogens (primary N) is 2. The first-order valence-corrected chi connectivity index (χ1v) is 8.81. The van der Waals surface area contributed by atoms with E-state index < -0.39 is 0 Å². The maximum absolute atomic E-state index is 9.56. The molecule has 0 aliphatic heterocycles. The van der Waals surface area contributed by atoms with Gasteiger partial charge in [-0.1, -0.05) is 30.3 Å². The topological polar surface area (TPSA) is 94.3 Å². The monoisotopic (exact) mass is 371 g/mol. The van der Waals surface area contributed by atoms with Gasteiger partial charge >= 0.3 is 0 Å². The Bertz CT molecular complexity index is 1020. The van der Waals surface area contributed by atoms with E-state index in [-0.39, 0.29) is 0 Å². The van der Waals surface area contributed by atoms with E-state index in [1.165, 1.54) is 0 Å². The van der Waals surface area contributed by atoms with Gasteiger partial charge in [0.05, 0.1) is 5.56 Å². The van der Waals surface area contributed by atoms with Gasteiger partial charge in [0.1, 0.15) is 29.9 Å². The van der Waals surface area contributed by atoms with Gasteiger partial charge in [-0.15, -0.1) is 0 Å². The summed E-state index contributed by atoms with van der Waals surface area (Å²) in [6.45, 7) is 2.20. The summed E-state index contributed by atoms with van der Waals surface area (Å²) in [5, 5.41) is 9.56. The lowest BCUT2D eigenvalue weighted by atomic mass is 10.1. The molecule has 140 valence electrons. The molecule has 3 aromatic rings. The SMILES string of the molecule is C/C=C(/Oc1ccc(N)cc1)c1cc(C#N)c(OCc2ccccc2)cc1N. The molecule has 0 radical (unpaired) electrons. The Morgan fingerprint density at radius 1 is 1.04 bits per heavy atom. The summed E-state index contributed by atoms with van der Waals surface area (Å²) in [5.74, 6) is 1.62. The Morgan fingerprint density at radius 3 is 2.39 bits per heavy atom. The second-order valence-electron chi connectivity index (χ2n) is 6.15. The van der Waals surface area contributed by atoms with Crippen molar-refractivity contribution in [3.05, 3.63) is 89.5 Å². The van der Waals surface area contributed by atoms with Crippen LogP contribution in [0.1, 0.15) is 23.6 Å². The van der Waals surface area contributed by atoms with Crippen LogP contribution in [0.25, 0.3) is 5.76 Å². The van der Waals surface area contributed by atoms with Gasteiger partial charge in [0.25, 0.3) is 0 Å². The fraction of sp³-hybridized carbons (Fsp3) is 0.0870. The van der Waals surface area contributed by atoms with E-state index in [2.05, 4.69) is 6.07 Å². The van der Waals surface area contributed by atoms with Crippen LogP contribution in [0.2, 0.25) is 0 Å². The number of nitrogen functional groups attached to an aromatic ring is 2. The first-order valence-electron chi connectivity index (χ1n) is 8.81. The molecule has 0 spiro atoms. The number of anilines is 2. The van der Waals surface area contributed by atoms with Gasteiger partial charge in [-0.3, -0.25) is 0 Å². The maximum atomic E-state index is 9.56. The zero-order valence-electron chi connectivity index (χ0n) is 15.6. The number of hydrogen-bond donors (Lipinski definition) is 2. The third-order valence-electron chi connectivity index (χ3n) is 4.14. The largest absolute Gasteiger partial charge is 0.487 e. The fourth-order valence-corrected chi connectivity index (χ4v) is 2.68. The van der Waals surface area contributed by atoms with E-state index in [1.54, 1.807) is 42.5 Å². The minimum absolute atomic E-state index is 0.354. The van der Waals surface area contributed by atoms with Gasteiger partial charge in [0, 0.05) is 23.0 Å². The summed E-state index contributed by atoms with van der Waals surface area (Å²) in [6, 6.07) is 22.3. The highest BCUT2D eigenvalue weighted by Crippen LogP contribution is 2.32. The van der Waals surface area contributed by atoms with Crippen LogP contribution in [0.5, 0.6) is 11.5 Å². The minimum Gasteiger partial charge on any atom is -0.487 e. The van der Waals surface area contributed by atoms with Crippen LogP contribution in [-0.2, 0) is 6.61 Å². The highest BCUT2D eigenvalue weighted by Gasteiger charge is 2.14. The minimum atomic E-state index is 0.354. The van der Waals surface area contributed by atoms with Gasteiger partial charge in [0.2, 0.25) is 0 Å². The number of hydrogen-bond acceptors (Lipinski definition) is 5. The lowest BCUT2D eigenvalue weighted by Crippen LogP contribution is -2.03. The molecular formula is C23H21N3O2. The molecule has 0 saturated carbocycles. The zero-order valence-corrected chi connectivity index (χ0v) is 15.6. The van der Waals surface area contributed by atoms with E-state index in [9.17, 15) is 5.26 Å². The third kappa shape index (κ3) is 4.43. The van der Waals surface area contributed by atoms with Crippen LogP contribution in [0.4, 0.5) is 11.4 Å². The molecule has 3 aromatic carbocycles. The lowest BCUT2D eigenvalue weighted by molar-refractivity contribution is 0.305. The number of ether oxygens (including phenoxy) is 2. The smallest absolute Gasteiger partial charge is 0.139 e. The lowest BCUT2D eigenvalue weighted by Gasteiger charge is -2.15. The van der Waals surface area contributed by atoms with E-state index >= 15 is 0 Å². The average molecular weight is 371 g/mol. The fourth-order valence-electron chi connectivity index (χ4n) is 2.68. The summed E-state index contributed by atoms with van der Waals surface area (Å²) in [7, 11) is 0. The molecule has 0 bridgehead atoms. The molecule has 0 heterocycles. The Hall–Kier alpha value is -3.91. The highest BCUT2D eigenvalue weighted by atomic mass is 16.5. The molecule has 3 rings (SSSR count). The van der Waals surface area contributed by atoms with Crippen molar-refractivity contribution in [1.82, 2.24) is 0 Å². The summed E-state index contributed by atoms with van der Waals surface area (Å²) in [5.41, 5.74) is 15.1. The van der Waals surface area contributed by atoms with Crippen LogP contribution >= 0.6 is 0 Å². The molecule has 28 heavy (non-hydrogen) atoms. The third-order valence-corrected chi connectivity index (χ3v) is 4.14. The predicted molar refractivity (Wildman–Crippen MR) is 111 cm³/mol. The zero-order chi connectivity index (χ0) is 19.9. The molecule has 4 N–H and O–H groups in total. The van der Waals surface area contributed by atoms with Gasteiger partial charge in [-0.2, -0.15) is 5.26 Å². The van der Waals surface area contributed by atoms with Gasteiger partial charge in [-0.25, -0.2) is 0 Å². The molecule has 0 amide bonds. The van der Waals surface area contributed by atoms with Gasteiger partial charge in [-0.05, 0) is 48.9 Å². The van der Waals surface area contributed by atoms with Crippen molar-refractivity contribution in [3.8, 4) is 17.6 Å². The summed E-state index contributed by atoms with van der Waals surface area (Å²) >= 11 is 0. The van der Waals surface area contributed by atoms with Crippen molar-refractivity contribution in [2.75, 3.05) is 11.5 Å². The molecule has 0 aliphatic carbocycles. The number of benzene rings is 3. The van der Waals surface area contributed by atoms with E-state index in [4.69, 9.17) is 20.9 Å². The van der Waals surface area contributed by atoms with Crippen LogP contribution < -0.4 is 20.9 Å². The van der Waals surface area contributed by atoms with Gasteiger partial charge in [0.15, 0.2) is 0 Å². The molecule has 5 heteroatoms. The first-order chi connectivity index (χ1) is 13.6. The van der Waals surface area contributed by atoms with E-state index in [0.29, 0.717) is 46.4 Å². The van der Waals surface area contributed by atoms with E-state index in [1.807, 2.05) is 37.3 Å². The Kier molecular flexibility index (Phi) is 5.83. The second-order valence-corrected chi connectivity index (χ2v) is 6.15. The second kappa shape index (κ2) is 8.65. The quantitative estimate of drug-likeness (QED) is 0.482. The van der Waals surface area contributed by atoms with Gasteiger partial charge < -0.3 is 20.9 Å². The van der Waals surface area contributed by atoms with Crippen LogP contribution in [0.15, 0.2) is 72.8 Å². The standard InChI is InChI=1S/C23H21N3O2/c1-2-22(28-19-10-8-18(25)9-11-19)20-12-17(14-24)23(13-21(20)26)27-15-16-6-4-3-5-7-16/h2-13H,15,25-26H2,1H3/b22-2+. The van der Waals surface area contributed by atoms with Crippen LogP contribution in [0, 0.1) is 11.3 Å².